The normalized spacial score (nSPS) is 14.7. The van der Waals surface area contributed by atoms with Crippen LogP contribution in [-0.4, -0.2) is 29.2 Å². The number of aromatic amines is 1. The van der Waals surface area contributed by atoms with Crippen molar-refractivity contribution in [1.29, 1.82) is 0 Å². The summed E-state index contributed by atoms with van der Waals surface area (Å²) < 4.78 is 0. The fourth-order valence-electron chi connectivity index (χ4n) is 5.06. The Hall–Kier alpha value is -3.15. The molecule has 6 nitrogen and oxygen atoms in total. The van der Waals surface area contributed by atoms with Crippen LogP contribution in [0.25, 0.3) is 22.4 Å². The van der Waals surface area contributed by atoms with Crippen molar-refractivity contribution < 1.29 is 9.59 Å². The Morgan fingerprint density at radius 1 is 1.00 bits per heavy atom. The number of aromatic nitrogens is 2. The molecule has 2 aromatic carbocycles. The molecule has 1 atom stereocenters. The third-order valence-corrected chi connectivity index (χ3v) is 7.47. The molecule has 3 N–H and O–H groups in total. The minimum atomic E-state index is 0.154. The highest BCUT2D eigenvalue weighted by molar-refractivity contribution is 5.93. The van der Waals surface area contributed by atoms with Gasteiger partial charge in [-0.1, -0.05) is 52.9 Å². The topological polar surface area (TPSA) is 86.9 Å². The van der Waals surface area contributed by atoms with Gasteiger partial charge < -0.3 is 20.4 Å². The molecule has 0 spiro atoms. The fraction of sp³-hybridized carbons (Fsp3) is 0.500. The fourth-order valence-corrected chi connectivity index (χ4v) is 5.06. The van der Waals surface area contributed by atoms with E-state index >= 15 is 0 Å². The van der Waals surface area contributed by atoms with Crippen LogP contribution in [-0.2, 0) is 9.59 Å². The average molecular weight is 491 g/mol. The number of carbonyl (C=O) groups is 2. The van der Waals surface area contributed by atoms with Crippen molar-refractivity contribution in [2.24, 2.45) is 17.8 Å². The van der Waals surface area contributed by atoms with Gasteiger partial charge in [0.1, 0.15) is 12.1 Å². The number of imidazole rings is 1. The van der Waals surface area contributed by atoms with E-state index in [-0.39, 0.29) is 11.8 Å². The number of aldehydes is 1. The van der Waals surface area contributed by atoms with Gasteiger partial charge in [-0.05, 0) is 67.6 Å². The first-order valence-electron chi connectivity index (χ1n) is 13.6. The molecule has 3 aromatic rings. The zero-order valence-electron chi connectivity index (χ0n) is 22.3. The van der Waals surface area contributed by atoms with Crippen LogP contribution >= 0.6 is 0 Å². The van der Waals surface area contributed by atoms with Crippen LogP contribution in [0.15, 0.2) is 42.5 Å². The molecule has 1 aromatic heterocycles. The van der Waals surface area contributed by atoms with Gasteiger partial charge in [-0.3, -0.25) is 4.79 Å². The number of rotatable bonds is 9. The maximum Gasteiger partial charge on any atom is 0.227 e. The van der Waals surface area contributed by atoms with Gasteiger partial charge in [-0.15, -0.1) is 0 Å². The molecular formula is C30H42N4O2. The van der Waals surface area contributed by atoms with Crippen LogP contribution in [0, 0.1) is 17.8 Å². The molecule has 1 saturated carbocycles. The standard InChI is InChI=1S/C21H24N4O.C9H18O/c1-22-17-11-12-18-19(13-17)25-20(24-18)14-7-9-16(10-8-14)23-21(26)15-5-3-2-4-6-15;1-4-8(5-2)9(6-3)7-10/h7-13,15,22H,2-6H2,1H3,(H,23,26)(H,24,25);7-9H,4-6H2,1-3H3. The van der Waals surface area contributed by atoms with Crippen LogP contribution in [0.3, 0.4) is 0 Å². The predicted octanol–water partition coefficient (Wildman–Crippen LogP) is 7.44. The summed E-state index contributed by atoms with van der Waals surface area (Å²) in [5.41, 5.74) is 4.84. The Morgan fingerprint density at radius 2 is 1.67 bits per heavy atom. The molecule has 0 saturated heterocycles. The number of amides is 1. The molecule has 1 unspecified atom stereocenters. The summed E-state index contributed by atoms with van der Waals surface area (Å²) in [4.78, 5) is 30.9. The Kier molecular flexibility index (Phi) is 10.5. The summed E-state index contributed by atoms with van der Waals surface area (Å²) in [5, 5.41) is 6.19. The number of benzene rings is 2. The molecule has 36 heavy (non-hydrogen) atoms. The number of nitrogens with one attached hydrogen (secondary N) is 3. The second-order valence-electron chi connectivity index (χ2n) is 9.75. The van der Waals surface area contributed by atoms with Crippen molar-refractivity contribution in [3.05, 3.63) is 42.5 Å². The van der Waals surface area contributed by atoms with E-state index in [0.29, 0.717) is 11.8 Å². The maximum absolute atomic E-state index is 12.4. The lowest BCUT2D eigenvalue weighted by molar-refractivity contribution is -0.120. The summed E-state index contributed by atoms with van der Waals surface area (Å²) in [7, 11) is 1.90. The van der Waals surface area contributed by atoms with Crippen molar-refractivity contribution >= 4 is 34.6 Å². The highest BCUT2D eigenvalue weighted by Gasteiger charge is 2.21. The number of nitrogens with zero attached hydrogens (tertiary/aromatic N) is 1. The van der Waals surface area contributed by atoms with E-state index in [1.165, 1.54) is 19.3 Å². The minimum Gasteiger partial charge on any atom is -0.388 e. The molecule has 6 heteroatoms. The number of fused-ring (bicyclic) bond motifs is 1. The van der Waals surface area contributed by atoms with E-state index in [0.717, 1.165) is 72.2 Å². The largest absolute Gasteiger partial charge is 0.388 e. The Labute approximate surface area is 215 Å². The van der Waals surface area contributed by atoms with E-state index < -0.39 is 0 Å². The van der Waals surface area contributed by atoms with Gasteiger partial charge in [0.2, 0.25) is 5.91 Å². The number of H-pyrrole nitrogens is 1. The van der Waals surface area contributed by atoms with Gasteiger partial charge in [-0.25, -0.2) is 4.98 Å². The average Bonchev–Trinajstić information content (AvgIpc) is 3.36. The van der Waals surface area contributed by atoms with Crippen molar-refractivity contribution in [3.63, 3.8) is 0 Å². The molecule has 1 amide bonds. The first kappa shape index (κ1) is 27.4. The summed E-state index contributed by atoms with van der Waals surface area (Å²) in [6.45, 7) is 6.39. The number of hydrogen-bond acceptors (Lipinski definition) is 4. The van der Waals surface area contributed by atoms with Gasteiger partial charge in [0.05, 0.1) is 11.0 Å². The summed E-state index contributed by atoms with van der Waals surface area (Å²) >= 11 is 0. The molecule has 4 rings (SSSR count). The van der Waals surface area contributed by atoms with Gasteiger partial charge in [0.15, 0.2) is 0 Å². The summed E-state index contributed by atoms with van der Waals surface area (Å²) in [5.74, 6) is 2.07. The zero-order chi connectivity index (χ0) is 25.9. The number of carbonyl (C=O) groups excluding carboxylic acids is 2. The predicted molar refractivity (Wildman–Crippen MR) is 150 cm³/mol. The quantitative estimate of drug-likeness (QED) is 0.272. The van der Waals surface area contributed by atoms with Crippen LogP contribution < -0.4 is 10.6 Å². The van der Waals surface area contributed by atoms with Gasteiger partial charge in [0.25, 0.3) is 0 Å². The minimum absolute atomic E-state index is 0.154. The number of hydrogen-bond donors (Lipinski definition) is 3. The first-order chi connectivity index (χ1) is 17.5. The van der Waals surface area contributed by atoms with Gasteiger partial charge in [-0.2, -0.15) is 0 Å². The SMILES string of the molecule is CCC(C=O)C(CC)CC.CNc1ccc2nc(-c3ccc(NC(=O)C4CCCCC4)cc3)[nH]c2c1. The van der Waals surface area contributed by atoms with Crippen molar-refractivity contribution in [1.82, 2.24) is 9.97 Å². The number of anilines is 2. The molecule has 1 aliphatic carbocycles. The third kappa shape index (κ3) is 7.19. The lowest BCUT2D eigenvalue weighted by Gasteiger charge is -2.20. The van der Waals surface area contributed by atoms with Crippen molar-refractivity contribution in [3.8, 4) is 11.4 Å². The highest BCUT2D eigenvalue weighted by atomic mass is 16.1. The molecule has 1 aliphatic rings. The molecule has 0 radical (unpaired) electrons. The Morgan fingerprint density at radius 3 is 2.22 bits per heavy atom. The van der Waals surface area contributed by atoms with E-state index in [1.807, 2.05) is 49.5 Å². The lowest BCUT2D eigenvalue weighted by Crippen LogP contribution is -2.24. The van der Waals surface area contributed by atoms with Crippen molar-refractivity contribution in [2.45, 2.75) is 72.1 Å². The van der Waals surface area contributed by atoms with Gasteiger partial charge >= 0.3 is 0 Å². The van der Waals surface area contributed by atoms with Gasteiger partial charge in [0, 0.05) is 35.8 Å². The molecule has 194 valence electrons. The van der Waals surface area contributed by atoms with Crippen LogP contribution in [0.4, 0.5) is 11.4 Å². The molecule has 1 fully saturated rings. The zero-order valence-corrected chi connectivity index (χ0v) is 22.3. The van der Waals surface area contributed by atoms with Crippen LogP contribution in [0.1, 0.15) is 72.1 Å². The molecule has 0 aliphatic heterocycles. The van der Waals surface area contributed by atoms with Crippen LogP contribution in [0.5, 0.6) is 0 Å². The molecule has 1 heterocycles. The first-order valence-corrected chi connectivity index (χ1v) is 13.6. The maximum atomic E-state index is 12.4. The highest BCUT2D eigenvalue weighted by Crippen LogP contribution is 2.27. The Bertz CT molecular complexity index is 1100. The van der Waals surface area contributed by atoms with E-state index in [2.05, 4.69) is 41.4 Å². The molecular weight excluding hydrogens is 448 g/mol. The van der Waals surface area contributed by atoms with Crippen molar-refractivity contribution in [2.75, 3.05) is 17.7 Å². The lowest BCUT2D eigenvalue weighted by atomic mass is 9.87. The monoisotopic (exact) mass is 490 g/mol. The second kappa shape index (κ2) is 13.8. The van der Waals surface area contributed by atoms with E-state index in [9.17, 15) is 9.59 Å². The second-order valence-corrected chi connectivity index (χ2v) is 9.75. The third-order valence-electron chi connectivity index (χ3n) is 7.47. The van der Waals surface area contributed by atoms with E-state index in [1.54, 1.807) is 0 Å². The van der Waals surface area contributed by atoms with Crippen LogP contribution in [0.2, 0.25) is 0 Å². The molecule has 0 bridgehead atoms. The summed E-state index contributed by atoms with van der Waals surface area (Å²) in [6, 6.07) is 13.9. The van der Waals surface area contributed by atoms with E-state index in [4.69, 9.17) is 0 Å². The smallest absolute Gasteiger partial charge is 0.227 e. The summed E-state index contributed by atoms with van der Waals surface area (Å²) in [6.07, 6.45) is 9.98. The Balaban J connectivity index is 0.000000308.